The molecule has 0 bridgehead atoms. The third-order valence-electron chi connectivity index (χ3n) is 3.21. The number of aryl methyl sites for hydroxylation is 2. The van der Waals surface area contributed by atoms with Gasteiger partial charge in [0.05, 0.1) is 0 Å². The Morgan fingerprint density at radius 2 is 1.86 bits per heavy atom. The van der Waals surface area contributed by atoms with E-state index in [1.807, 2.05) is 24.5 Å². The van der Waals surface area contributed by atoms with Crippen LogP contribution in [-0.4, -0.2) is 11.2 Å². The van der Waals surface area contributed by atoms with Gasteiger partial charge in [0, 0.05) is 26.3 Å². The molecule has 2 aromatic rings. The molecule has 0 saturated carbocycles. The maximum Gasteiger partial charge on any atom is 0.107 e. The van der Waals surface area contributed by atoms with Gasteiger partial charge in [0.2, 0.25) is 0 Å². The minimum absolute atomic E-state index is 0.410. The Morgan fingerprint density at radius 1 is 1.24 bits per heavy atom. The monoisotopic (exact) mass is 380 g/mol. The van der Waals surface area contributed by atoms with Gasteiger partial charge in [0.1, 0.15) is 4.99 Å². The SMILES string of the molecule is CSc1cccc(Nc2cc(C)c(Br)c(C)c2)c1C(N)=S. The van der Waals surface area contributed by atoms with E-state index in [1.165, 1.54) is 11.1 Å². The van der Waals surface area contributed by atoms with Gasteiger partial charge in [0.15, 0.2) is 0 Å². The molecular weight excluding hydrogens is 364 g/mol. The average Bonchev–Trinajstić information content (AvgIpc) is 2.44. The Morgan fingerprint density at radius 3 is 2.38 bits per heavy atom. The van der Waals surface area contributed by atoms with E-state index in [0.29, 0.717) is 4.99 Å². The standard InChI is InChI=1S/C16H17BrN2S2/c1-9-7-11(8-10(2)15(9)17)19-12-5-4-6-13(21-3)14(12)16(18)20/h4-8,19H,1-3H3,(H2,18,20). The lowest BCUT2D eigenvalue weighted by atomic mass is 10.1. The van der Waals surface area contributed by atoms with E-state index in [4.69, 9.17) is 18.0 Å². The summed E-state index contributed by atoms with van der Waals surface area (Å²) < 4.78 is 1.14. The molecule has 21 heavy (non-hydrogen) atoms. The van der Waals surface area contributed by atoms with Gasteiger partial charge in [-0.25, -0.2) is 0 Å². The fraction of sp³-hybridized carbons (Fsp3) is 0.188. The third kappa shape index (κ3) is 3.59. The highest BCUT2D eigenvalue weighted by Crippen LogP contribution is 2.31. The molecule has 0 saturated heterocycles. The van der Waals surface area contributed by atoms with E-state index in [0.717, 1.165) is 26.3 Å². The number of halogens is 1. The van der Waals surface area contributed by atoms with Crippen LogP contribution in [0.4, 0.5) is 11.4 Å². The zero-order chi connectivity index (χ0) is 15.6. The van der Waals surface area contributed by atoms with Crippen molar-refractivity contribution in [1.29, 1.82) is 0 Å². The van der Waals surface area contributed by atoms with Gasteiger partial charge in [-0.2, -0.15) is 0 Å². The molecule has 0 amide bonds. The van der Waals surface area contributed by atoms with Crippen LogP contribution < -0.4 is 11.1 Å². The van der Waals surface area contributed by atoms with Crippen molar-refractivity contribution in [2.45, 2.75) is 18.7 Å². The van der Waals surface area contributed by atoms with E-state index in [1.54, 1.807) is 11.8 Å². The van der Waals surface area contributed by atoms with Crippen LogP contribution in [0.2, 0.25) is 0 Å². The maximum absolute atomic E-state index is 5.90. The normalized spacial score (nSPS) is 10.5. The summed E-state index contributed by atoms with van der Waals surface area (Å²) in [6.07, 6.45) is 2.02. The lowest BCUT2D eigenvalue weighted by Crippen LogP contribution is -2.13. The van der Waals surface area contributed by atoms with Crippen LogP contribution in [0, 0.1) is 13.8 Å². The van der Waals surface area contributed by atoms with Gasteiger partial charge in [-0.1, -0.05) is 34.2 Å². The highest BCUT2D eigenvalue weighted by molar-refractivity contribution is 9.10. The van der Waals surface area contributed by atoms with E-state index in [9.17, 15) is 0 Å². The van der Waals surface area contributed by atoms with Crippen molar-refractivity contribution < 1.29 is 0 Å². The average molecular weight is 381 g/mol. The van der Waals surface area contributed by atoms with Gasteiger partial charge in [-0.3, -0.25) is 0 Å². The van der Waals surface area contributed by atoms with Gasteiger partial charge in [-0.15, -0.1) is 11.8 Å². The van der Waals surface area contributed by atoms with Crippen molar-refractivity contribution in [1.82, 2.24) is 0 Å². The van der Waals surface area contributed by atoms with Crippen LogP contribution in [0.1, 0.15) is 16.7 Å². The summed E-state index contributed by atoms with van der Waals surface area (Å²) in [6, 6.07) is 10.2. The Kier molecular flexibility index (Phi) is 5.30. The van der Waals surface area contributed by atoms with Crippen molar-refractivity contribution in [3.05, 3.63) is 51.5 Å². The van der Waals surface area contributed by atoms with Crippen LogP contribution in [0.5, 0.6) is 0 Å². The first-order valence-corrected chi connectivity index (χ1v) is 8.87. The van der Waals surface area contributed by atoms with E-state index in [-0.39, 0.29) is 0 Å². The second-order valence-corrected chi connectivity index (χ2v) is 6.88. The number of anilines is 2. The van der Waals surface area contributed by atoms with Crippen LogP contribution >= 0.6 is 39.9 Å². The zero-order valence-electron chi connectivity index (χ0n) is 12.2. The predicted molar refractivity (Wildman–Crippen MR) is 101 cm³/mol. The second-order valence-electron chi connectivity index (χ2n) is 4.80. The summed E-state index contributed by atoms with van der Waals surface area (Å²) in [4.78, 5) is 1.49. The number of benzene rings is 2. The topological polar surface area (TPSA) is 38.0 Å². The summed E-state index contributed by atoms with van der Waals surface area (Å²) in [7, 11) is 0. The van der Waals surface area contributed by atoms with Gasteiger partial charge in [0.25, 0.3) is 0 Å². The molecule has 0 aliphatic rings. The van der Waals surface area contributed by atoms with E-state index in [2.05, 4.69) is 47.2 Å². The molecule has 110 valence electrons. The fourth-order valence-corrected chi connectivity index (χ4v) is 3.39. The van der Waals surface area contributed by atoms with Crippen molar-refractivity contribution in [3.63, 3.8) is 0 Å². The molecule has 2 aromatic carbocycles. The van der Waals surface area contributed by atoms with Gasteiger partial charge in [-0.05, 0) is 55.5 Å². The van der Waals surface area contributed by atoms with Crippen LogP contribution in [0.15, 0.2) is 39.7 Å². The van der Waals surface area contributed by atoms with Crippen LogP contribution in [-0.2, 0) is 0 Å². The van der Waals surface area contributed by atoms with E-state index < -0.39 is 0 Å². The van der Waals surface area contributed by atoms with Crippen molar-refractivity contribution in [2.24, 2.45) is 5.73 Å². The number of nitrogens with one attached hydrogen (secondary N) is 1. The lowest BCUT2D eigenvalue weighted by molar-refractivity contribution is 1.33. The number of thiocarbonyl (C=S) groups is 1. The molecule has 0 spiro atoms. The van der Waals surface area contributed by atoms with Crippen LogP contribution in [0.25, 0.3) is 0 Å². The molecule has 5 heteroatoms. The summed E-state index contributed by atoms with van der Waals surface area (Å²) >= 11 is 10.4. The number of nitrogens with two attached hydrogens (primary N) is 1. The quantitative estimate of drug-likeness (QED) is 0.566. The number of thioether (sulfide) groups is 1. The number of rotatable bonds is 4. The summed E-state index contributed by atoms with van der Waals surface area (Å²) in [5.74, 6) is 0. The number of hydrogen-bond donors (Lipinski definition) is 2. The van der Waals surface area contributed by atoms with Crippen molar-refractivity contribution in [3.8, 4) is 0 Å². The highest BCUT2D eigenvalue weighted by atomic mass is 79.9. The first kappa shape index (κ1) is 16.3. The number of hydrogen-bond acceptors (Lipinski definition) is 3. The molecule has 0 atom stereocenters. The Hall–Kier alpha value is -1.04. The molecule has 0 aromatic heterocycles. The van der Waals surface area contributed by atoms with Gasteiger partial charge >= 0.3 is 0 Å². The molecule has 0 fully saturated rings. The lowest BCUT2D eigenvalue weighted by Gasteiger charge is -2.16. The minimum atomic E-state index is 0.410. The Bertz CT molecular complexity index is 676. The van der Waals surface area contributed by atoms with E-state index >= 15 is 0 Å². The Balaban J connectivity index is 2.47. The fourth-order valence-electron chi connectivity index (χ4n) is 2.23. The largest absolute Gasteiger partial charge is 0.389 e. The minimum Gasteiger partial charge on any atom is -0.389 e. The first-order chi connectivity index (χ1) is 9.93. The highest BCUT2D eigenvalue weighted by Gasteiger charge is 2.11. The molecule has 2 nitrogen and oxygen atoms in total. The molecule has 0 unspecified atom stereocenters. The molecule has 0 aliphatic heterocycles. The molecule has 0 aliphatic carbocycles. The smallest absolute Gasteiger partial charge is 0.107 e. The first-order valence-electron chi connectivity index (χ1n) is 6.44. The van der Waals surface area contributed by atoms with Crippen LogP contribution in [0.3, 0.4) is 0 Å². The predicted octanol–water partition coefficient (Wildman–Crippen LogP) is 5.17. The molecule has 2 rings (SSSR count). The van der Waals surface area contributed by atoms with Crippen molar-refractivity contribution in [2.75, 3.05) is 11.6 Å². The third-order valence-corrected chi connectivity index (χ3v) is 5.44. The summed E-state index contributed by atoms with van der Waals surface area (Å²) in [5.41, 5.74) is 11.2. The molecule has 3 N–H and O–H groups in total. The Labute approximate surface area is 143 Å². The summed E-state index contributed by atoms with van der Waals surface area (Å²) in [6.45, 7) is 4.16. The summed E-state index contributed by atoms with van der Waals surface area (Å²) in [5, 5.41) is 3.44. The van der Waals surface area contributed by atoms with Gasteiger partial charge < -0.3 is 11.1 Å². The zero-order valence-corrected chi connectivity index (χ0v) is 15.4. The second kappa shape index (κ2) is 6.81. The maximum atomic E-state index is 5.90. The molecule has 0 radical (unpaired) electrons. The molecule has 0 heterocycles. The van der Waals surface area contributed by atoms with Crippen molar-refractivity contribution >= 4 is 56.3 Å². The molecular formula is C16H17BrN2S2.